The molecule has 0 aliphatic rings. The Hall–Kier alpha value is -1.03. The molecule has 0 saturated carbocycles. The van der Waals surface area contributed by atoms with Crippen molar-refractivity contribution in [1.29, 1.82) is 0 Å². The van der Waals surface area contributed by atoms with Crippen molar-refractivity contribution >= 4 is 23.2 Å². The molecule has 0 fully saturated rings. The van der Waals surface area contributed by atoms with Gasteiger partial charge in [-0.2, -0.15) is 0 Å². The van der Waals surface area contributed by atoms with Gasteiger partial charge in [-0.1, -0.05) is 23.2 Å². The molecule has 1 aromatic carbocycles. The third-order valence-electron chi connectivity index (χ3n) is 2.65. The fourth-order valence-corrected chi connectivity index (χ4v) is 2.10. The van der Waals surface area contributed by atoms with Crippen molar-refractivity contribution < 1.29 is 0 Å². The van der Waals surface area contributed by atoms with E-state index in [9.17, 15) is 0 Å². The van der Waals surface area contributed by atoms with Crippen molar-refractivity contribution in [1.82, 2.24) is 15.3 Å². The molecule has 18 heavy (non-hydrogen) atoms. The molecular weight excluding hydrogens is 269 g/mol. The predicted octanol–water partition coefficient (Wildman–Crippen LogP) is 3.44. The van der Waals surface area contributed by atoms with E-state index in [-0.39, 0.29) is 0 Å². The average Bonchev–Trinajstić information content (AvgIpc) is 2.86. The first-order valence-electron chi connectivity index (χ1n) is 5.88. The maximum Gasteiger partial charge on any atom is 0.106 e. The van der Waals surface area contributed by atoms with Crippen LogP contribution in [-0.4, -0.2) is 16.5 Å². The van der Waals surface area contributed by atoms with Crippen molar-refractivity contribution in [2.24, 2.45) is 0 Å². The molecule has 0 unspecified atom stereocenters. The highest BCUT2D eigenvalue weighted by Crippen LogP contribution is 2.20. The standard InChI is InChI=1S/C13H15Cl2N3/c14-11-3-4-12(15)10(8-11)9-16-5-1-2-13-17-6-7-18-13/h3-4,6-8,16H,1-2,5,9H2,(H,17,18). The number of halogens is 2. The van der Waals surface area contributed by atoms with Gasteiger partial charge >= 0.3 is 0 Å². The van der Waals surface area contributed by atoms with Crippen LogP contribution in [0.25, 0.3) is 0 Å². The number of H-pyrrole nitrogens is 1. The summed E-state index contributed by atoms with van der Waals surface area (Å²) < 4.78 is 0. The molecule has 5 heteroatoms. The van der Waals surface area contributed by atoms with E-state index in [4.69, 9.17) is 23.2 Å². The Morgan fingerprint density at radius 1 is 1.28 bits per heavy atom. The Balaban J connectivity index is 1.70. The van der Waals surface area contributed by atoms with E-state index in [1.807, 2.05) is 18.3 Å². The number of benzene rings is 1. The molecule has 2 N–H and O–H groups in total. The van der Waals surface area contributed by atoms with Crippen molar-refractivity contribution in [2.45, 2.75) is 19.4 Å². The average molecular weight is 284 g/mol. The summed E-state index contributed by atoms with van der Waals surface area (Å²) in [6, 6.07) is 5.51. The van der Waals surface area contributed by atoms with E-state index < -0.39 is 0 Å². The first-order chi connectivity index (χ1) is 8.75. The highest BCUT2D eigenvalue weighted by Gasteiger charge is 2.01. The number of hydrogen-bond donors (Lipinski definition) is 2. The Morgan fingerprint density at radius 3 is 2.94 bits per heavy atom. The maximum atomic E-state index is 6.08. The van der Waals surface area contributed by atoms with E-state index in [0.29, 0.717) is 5.02 Å². The fourth-order valence-electron chi connectivity index (χ4n) is 1.72. The van der Waals surface area contributed by atoms with Crippen molar-refractivity contribution in [3.8, 4) is 0 Å². The topological polar surface area (TPSA) is 40.7 Å². The fraction of sp³-hybridized carbons (Fsp3) is 0.308. The van der Waals surface area contributed by atoms with Gasteiger partial charge in [0.1, 0.15) is 5.82 Å². The van der Waals surface area contributed by atoms with Crippen molar-refractivity contribution in [3.63, 3.8) is 0 Å². The number of nitrogens with zero attached hydrogens (tertiary/aromatic N) is 1. The molecule has 3 nitrogen and oxygen atoms in total. The number of aromatic nitrogens is 2. The van der Waals surface area contributed by atoms with Crippen LogP contribution in [-0.2, 0) is 13.0 Å². The second-order valence-corrected chi connectivity index (χ2v) is 4.90. The Bertz CT molecular complexity index is 483. The zero-order valence-electron chi connectivity index (χ0n) is 9.92. The first kappa shape index (κ1) is 13.4. The van der Waals surface area contributed by atoms with Crippen LogP contribution in [0, 0.1) is 0 Å². The zero-order valence-corrected chi connectivity index (χ0v) is 11.4. The summed E-state index contributed by atoms with van der Waals surface area (Å²) in [7, 11) is 0. The summed E-state index contributed by atoms with van der Waals surface area (Å²) in [4.78, 5) is 7.26. The Labute approximate surface area is 117 Å². The van der Waals surface area contributed by atoms with Crippen LogP contribution in [0.4, 0.5) is 0 Å². The van der Waals surface area contributed by atoms with E-state index in [2.05, 4.69) is 15.3 Å². The predicted molar refractivity (Wildman–Crippen MR) is 75.1 cm³/mol. The lowest BCUT2D eigenvalue weighted by Gasteiger charge is -2.06. The van der Waals surface area contributed by atoms with Gasteiger partial charge in [-0.25, -0.2) is 4.98 Å². The second kappa shape index (κ2) is 6.78. The minimum atomic E-state index is 0.715. The van der Waals surface area contributed by atoms with E-state index in [1.54, 1.807) is 12.3 Å². The number of nitrogens with one attached hydrogen (secondary N) is 2. The van der Waals surface area contributed by atoms with E-state index in [0.717, 1.165) is 42.3 Å². The summed E-state index contributed by atoms with van der Waals surface area (Å²) in [5.74, 6) is 1.03. The lowest BCUT2D eigenvalue weighted by Crippen LogP contribution is -2.15. The number of hydrogen-bond acceptors (Lipinski definition) is 2. The molecule has 2 rings (SSSR count). The summed E-state index contributed by atoms with van der Waals surface area (Å²) in [6.07, 6.45) is 5.60. The lowest BCUT2D eigenvalue weighted by molar-refractivity contribution is 0.641. The molecule has 0 bridgehead atoms. The molecule has 0 atom stereocenters. The summed E-state index contributed by atoms with van der Waals surface area (Å²) in [6.45, 7) is 1.65. The van der Waals surface area contributed by atoms with Gasteiger partial charge in [-0.15, -0.1) is 0 Å². The van der Waals surface area contributed by atoms with Gasteiger partial charge in [-0.3, -0.25) is 0 Å². The summed E-state index contributed by atoms with van der Waals surface area (Å²) in [5.41, 5.74) is 1.03. The van der Waals surface area contributed by atoms with Crippen molar-refractivity contribution in [3.05, 3.63) is 52.0 Å². The van der Waals surface area contributed by atoms with Crippen LogP contribution in [0.5, 0.6) is 0 Å². The largest absolute Gasteiger partial charge is 0.349 e. The SMILES string of the molecule is Clc1ccc(Cl)c(CNCCCc2ncc[nH]2)c1. The van der Waals surface area contributed by atoms with E-state index in [1.165, 1.54) is 0 Å². The second-order valence-electron chi connectivity index (χ2n) is 4.05. The third-order valence-corrected chi connectivity index (χ3v) is 3.25. The van der Waals surface area contributed by atoms with Crippen molar-refractivity contribution in [2.75, 3.05) is 6.54 Å². The molecule has 0 amide bonds. The quantitative estimate of drug-likeness (QED) is 0.798. The highest BCUT2D eigenvalue weighted by molar-refractivity contribution is 6.33. The first-order valence-corrected chi connectivity index (χ1v) is 6.64. The zero-order chi connectivity index (χ0) is 12.8. The van der Waals surface area contributed by atoms with Gasteiger partial charge < -0.3 is 10.3 Å². The van der Waals surface area contributed by atoms with Crippen LogP contribution < -0.4 is 5.32 Å². The number of imidazole rings is 1. The summed E-state index contributed by atoms with van der Waals surface area (Å²) >= 11 is 12.0. The normalized spacial score (nSPS) is 10.8. The van der Waals surface area contributed by atoms with Gasteiger partial charge in [0.2, 0.25) is 0 Å². The minimum Gasteiger partial charge on any atom is -0.349 e. The monoisotopic (exact) mass is 283 g/mol. The molecule has 0 radical (unpaired) electrons. The molecule has 0 aliphatic carbocycles. The Kier molecular flexibility index (Phi) is 5.05. The van der Waals surface area contributed by atoms with Crippen LogP contribution in [0.3, 0.4) is 0 Å². The number of aryl methyl sites for hydroxylation is 1. The van der Waals surface area contributed by atoms with Gasteiger partial charge in [0.25, 0.3) is 0 Å². The lowest BCUT2D eigenvalue weighted by atomic mass is 10.2. The molecule has 0 saturated heterocycles. The smallest absolute Gasteiger partial charge is 0.106 e. The van der Waals surface area contributed by atoms with Gasteiger partial charge in [-0.05, 0) is 36.7 Å². The van der Waals surface area contributed by atoms with Gasteiger partial charge in [0.05, 0.1) is 0 Å². The maximum absolute atomic E-state index is 6.08. The highest BCUT2D eigenvalue weighted by atomic mass is 35.5. The minimum absolute atomic E-state index is 0.715. The van der Waals surface area contributed by atoms with Crippen LogP contribution >= 0.6 is 23.2 Å². The Morgan fingerprint density at radius 2 is 2.17 bits per heavy atom. The molecule has 96 valence electrons. The molecule has 0 aliphatic heterocycles. The number of rotatable bonds is 6. The van der Waals surface area contributed by atoms with Gasteiger partial charge in [0.15, 0.2) is 0 Å². The van der Waals surface area contributed by atoms with E-state index >= 15 is 0 Å². The molecule has 0 spiro atoms. The van der Waals surface area contributed by atoms with Gasteiger partial charge in [0, 0.05) is 35.4 Å². The van der Waals surface area contributed by atoms with Crippen LogP contribution in [0.2, 0.25) is 10.0 Å². The molecule has 1 aromatic heterocycles. The number of aromatic amines is 1. The summed E-state index contributed by atoms with van der Waals surface area (Å²) in [5, 5.41) is 4.81. The van der Waals surface area contributed by atoms with Crippen LogP contribution in [0.1, 0.15) is 17.8 Å². The molecule has 1 heterocycles. The molecular formula is C13H15Cl2N3. The third kappa shape index (κ3) is 4.02. The van der Waals surface area contributed by atoms with Crippen LogP contribution in [0.15, 0.2) is 30.6 Å². The molecule has 2 aromatic rings.